The molecule has 0 aliphatic carbocycles. The molecule has 2 N–H and O–H groups in total. The molecule has 0 spiro atoms. The van der Waals surface area contributed by atoms with Crippen molar-refractivity contribution in [2.45, 2.75) is 20.4 Å². The minimum absolute atomic E-state index is 0.0641. The fraction of sp³-hybridized carbons (Fsp3) is 0.222. The molecule has 0 fully saturated rings. The summed E-state index contributed by atoms with van der Waals surface area (Å²) >= 11 is 1.30. The topological polar surface area (TPSA) is 84.6 Å². The molecule has 0 unspecified atom stereocenters. The van der Waals surface area contributed by atoms with Gasteiger partial charge in [-0.2, -0.15) is 0 Å². The van der Waals surface area contributed by atoms with Crippen molar-refractivity contribution in [3.8, 4) is 22.3 Å². The third-order valence-corrected chi connectivity index (χ3v) is 4.82. The van der Waals surface area contributed by atoms with Gasteiger partial charge in [-0.15, -0.1) is 11.3 Å². The molecule has 3 rings (SSSR count). The minimum atomic E-state index is -0.198. The normalized spacial score (nSPS) is 10.7. The lowest BCUT2D eigenvalue weighted by molar-refractivity contribution is 0.0954. The fourth-order valence-corrected chi connectivity index (χ4v) is 3.30. The number of carbonyl (C=O) groups excluding carboxylic acids is 1. The van der Waals surface area contributed by atoms with Gasteiger partial charge < -0.3 is 19.6 Å². The van der Waals surface area contributed by atoms with Crippen LogP contribution in [0, 0.1) is 13.8 Å². The van der Waals surface area contributed by atoms with Gasteiger partial charge >= 0.3 is 0 Å². The first-order chi connectivity index (χ1) is 12.0. The number of phenols is 1. The van der Waals surface area contributed by atoms with E-state index >= 15 is 0 Å². The van der Waals surface area contributed by atoms with Crippen molar-refractivity contribution >= 4 is 17.2 Å². The van der Waals surface area contributed by atoms with E-state index in [1.165, 1.54) is 24.5 Å². The number of aromatic nitrogens is 1. The van der Waals surface area contributed by atoms with Crippen LogP contribution < -0.4 is 10.1 Å². The average Bonchev–Trinajstić information content (AvgIpc) is 3.19. The molecule has 7 heteroatoms. The summed E-state index contributed by atoms with van der Waals surface area (Å²) in [4.78, 5) is 17.4. The number of benzene rings is 1. The van der Waals surface area contributed by atoms with Crippen molar-refractivity contribution in [2.24, 2.45) is 0 Å². The predicted octanol–water partition coefficient (Wildman–Crippen LogP) is 3.66. The number of aromatic hydroxyl groups is 1. The molecule has 0 saturated heterocycles. The van der Waals surface area contributed by atoms with Crippen molar-refractivity contribution in [1.29, 1.82) is 0 Å². The third-order valence-electron chi connectivity index (χ3n) is 3.65. The summed E-state index contributed by atoms with van der Waals surface area (Å²) in [5, 5.41) is 13.2. The Kier molecular flexibility index (Phi) is 4.76. The van der Waals surface area contributed by atoms with Gasteiger partial charge in [0, 0.05) is 6.54 Å². The highest BCUT2D eigenvalue weighted by Crippen LogP contribution is 2.29. The van der Waals surface area contributed by atoms with E-state index in [0.717, 1.165) is 11.3 Å². The number of carbonyl (C=O) groups is 1. The number of hydrogen-bond acceptors (Lipinski definition) is 6. The Bertz CT molecular complexity index is 914. The number of nitrogens with one attached hydrogen (secondary N) is 1. The number of nitrogens with zero attached hydrogens (tertiary/aromatic N) is 1. The highest BCUT2D eigenvalue weighted by Gasteiger charge is 2.17. The van der Waals surface area contributed by atoms with Crippen molar-refractivity contribution in [3.05, 3.63) is 52.2 Å². The molecule has 2 heterocycles. The van der Waals surface area contributed by atoms with Crippen LogP contribution in [0.5, 0.6) is 11.5 Å². The standard InChI is InChI=1S/C18H18N2O4S/c1-10-4-7-14(24-10)18-20-11(2)16(25-18)17(22)19-9-12-5-6-13(21)15(8-12)23-3/h4-8,21H,9H2,1-3H3,(H,19,22). The Hall–Kier alpha value is -2.80. The molecular weight excluding hydrogens is 340 g/mol. The van der Waals surface area contributed by atoms with E-state index in [-0.39, 0.29) is 11.7 Å². The lowest BCUT2D eigenvalue weighted by Crippen LogP contribution is -2.22. The van der Waals surface area contributed by atoms with Crippen molar-refractivity contribution in [2.75, 3.05) is 7.11 Å². The molecule has 2 aromatic heterocycles. The minimum Gasteiger partial charge on any atom is -0.504 e. The second kappa shape index (κ2) is 6.98. The SMILES string of the molecule is COc1cc(CNC(=O)c2sc(-c3ccc(C)o3)nc2C)ccc1O. The largest absolute Gasteiger partial charge is 0.504 e. The number of amides is 1. The molecule has 6 nitrogen and oxygen atoms in total. The number of rotatable bonds is 5. The fourth-order valence-electron chi connectivity index (χ4n) is 2.36. The van der Waals surface area contributed by atoms with Crippen LogP contribution in [0.2, 0.25) is 0 Å². The Balaban J connectivity index is 1.72. The van der Waals surface area contributed by atoms with E-state index in [1.807, 2.05) is 19.1 Å². The van der Waals surface area contributed by atoms with Crippen LogP contribution in [0.15, 0.2) is 34.7 Å². The molecule has 25 heavy (non-hydrogen) atoms. The molecule has 1 amide bonds. The average molecular weight is 358 g/mol. The van der Waals surface area contributed by atoms with Crippen LogP contribution in [-0.4, -0.2) is 23.1 Å². The molecule has 0 atom stereocenters. The summed E-state index contributed by atoms with van der Waals surface area (Å²) in [5.41, 5.74) is 1.49. The zero-order valence-corrected chi connectivity index (χ0v) is 14.9. The van der Waals surface area contributed by atoms with Crippen LogP contribution in [0.25, 0.3) is 10.8 Å². The number of ether oxygens (including phenoxy) is 1. The lowest BCUT2D eigenvalue weighted by Gasteiger charge is -2.07. The molecule has 0 bridgehead atoms. The molecule has 3 aromatic rings. The van der Waals surface area contributed by atoms with E-state index in [0.29, 0.717) is 33.6 Å². The van der Waals surface area contributed by atoms with Crippen molar-refractivity contribution < 1.29 is 19.1 Å². The number of aryl methyl sites for hydroxylation is 2. The van der Waals surface area contributed by atoms with E-state index in [9.17, 15) is 9.90 Å². The van der Waals surface area contributed by atoms with Crippen LogP contribution in [0.1, 0.15) is 26.7 Å². The van der Waals surface area contributed by atoms with E-state index in [1.54, 1.807) is 19.1 Å². The van der Waals surface area contributed by atoms with Crippen LogP contribution in [-0.2, 0) is 6.54 Å². The van der Waals surface area contributed by atoms with Gasteiger partial charge in [0.25, 0.3) is 5.91 Å². The smallest absolute Gasteiger partial charge is 0.263 e. The van der Waals surface area contributed by atoms with Gasteiger partial charge in [-0.05, 0) is 43.7 Å². The highest BCUT2D eigenvalue weighted by molar-refractivity contribution is 7.17. The zero-order valence-electron chi connectivity index (χ0n) is 14.1. The Morgan fingerprint density at radius 1 is 1.32 bits per heavy atom. The van der Waals surface area contributed by atoms with Crippen LogP contribution in [0.3, 0.4) is 0 Å². The molecule has 0 radical (unpaired) electrons. The summed E-state index contributed by atoms with van der Waals surface area (Å²) in [6.07, 6.45) is 0. The number of hydrogen-bond donors (Lipinski definition) is 2. The van der Waals surface area contributed by atoms with Gasteiger partial charge in [0.15, 0.2) is 22.3 Å². The van der Waals surface area contributed by atoms with Gasteiger partial charge in [0.2, 0.25) is 0 Å². The quantitative estimate of drug-likeness (QED) is 0.727. The van der Waals surface area contributed by atoms with Gasteiger partial charge in [-0.3, -0.25) is 4.79 Å². The zero-order chi connectivity index (χ0) is 18.0. The van der Waals surface area contributed by atoms with Gasteiger partial charge in [0.1, 0.15) is 10.6 Å². The van der Waals surface area contributed by atoms with Crippen LogP contribution in [0.4, 0.5) is 0 Å². The first-order valence-electron chi connectivity index (χ1n) is 7.66. The first kappa shape index (κ1) is 17.0. The molecule has 0 aliphatic rings. The van der Waals surface area contributed by atoms with Gasteiger partial charge in [-0.1, -0.05) is 6.07 Å². The Morgan fingerprint density at radius 2 is 2.12 bits per heavy atom. The molecular formula is C18H18N2O4S. The summed E-state index contributed by atoms with van der Waals surface area (Å²) in [5.74, 6) is 1.70. The lowest BCUT2D eigenvalue weighted by atomic mass is 10.2. The predicted molar refractivity (Wildman–Crippen MR) is 95.1 cm³/mol. The number of methoxy groups -OCH3 is 1. The van der Waals surface area contributed by atoms with Crippen LogP contribution >= 0.6 is 11.3 Å². The highest BCUT2D eigenvalue weighted by atomic mass is 32.1. The van der Waals surface area contributed by atoms with Gasteiger partial charge in [-0.25, -0.2) is 4.98 Å². The first-order valence-corrected chi connectivity index (χ1v) is 8.48. The monoisotopic (exact) mass is 358 g/mol. The second-order valence-electron chi connectivity index (χ2n) is 5.53. The molecule has 0 saturated carbocycles. The Morgan fingerprint density at radius 3 is 2.80 bits per heavy atom. The maximum Gasteiger partial charge on any atom is 0.263 e. The van der Waals surface area contributed by atoms with Gasteiger partial charge in [0.05, 0.1) is 12.8 Å². The molecule has 130 valence electrons. The Labute approximate surface area is 149 Å². The number of thiazole rings is 1. The second-order valence-corrected chi connectivity index (χ2v) is 6.53. The van der Waals surface area contributed by atoms with E-state index in [2.05, 4.69) is 10.3 Å². The van der Waals surface area contributed by atoms with E-state index < -0.39 is 0 Å². The third kappa shape index (κ3) is 3.66. The summed E-state index contributed by atoms with van der Waals surface area (Å²) in [6, 6.07) is 8.67. The van der Waals surface area contributed by atoms with Crippen molar-refractivity contribution in [3.63, 3.8) is 0 Å². The van der Waals surface area contributed by atoms with Crippen molar-refractivity contribution in [1.82, 2.24) is 10.3 Å². The molecule has 0 aliphatic heterocycles. The maximum atomic E-state index is 12.5. The maximum absolute atomic E-state index is 12.5. The molecule has 1 aromatic carbocycles. The summed E-state index contributed by atoms with van der Waals surface area (Å²) in [6.45, 7) is 3.99. The summed E-state index contributed by atoms with van der Waals surface area (Å²) < 4.78 is 10.6. The summed E-state index contributed by atoms with van der Waals surface area (Å²) in [7, 11) is 1.48. The van der Waals surface area contributed by atoms with E-state index in [4.69, 9.17) is 9.15 Å². The number of furan rings is 1. The number of phenolic OH excluding ortho intramolecular Hbond substituents is 1.